The van der Waals surface area contributed by atoms with Gasteiger partial charge in [-0.25, -0.2) is 4.79 Å². The fourth-order valence-corrected chi connectivity index (χ4v) is 1.79. The molecule has 2 aromatic rings. The van der Waals surface area contributed by atoms with Crippen LogP contribution in [0.25, 0.3) is 17.0 Å². The summed E-state index contributed by atoms with van der Waals surface area (Å²) in [5, 5.41) is 18.8. The Morgan fingerprint density at radius 3 is 2.89 bits per heavy atom. The molecule has 0 atom stereocenters. The first-order valence-electron chi connectivity index (χ1n) is 5.02. The molecule has 0 fully saturated rings. The van der Waals surface area contributed by atoms with Gasteiger partial charge in [0.2, 0.25) is 0 Å². The number of carbonyl (C=O) groups is 1. The molecule has 4 nitrogen and oxygen atoms in total. The highest BCUT2D eigenvalue weighted by Gasteiger charge is 2.09. The molecular formula is C13H7ClN2O2. The lowest BCUT2D eigenvalue weighted by Gasteiger charge is -2.03. The summed E-state index contributed by atoms with van der Waals surface area (Å²) in [7, 11) is 0. The number of nitrogens with zero attached hydrogens (tertiary/aromatic N) is 2. The van der Waals surface area contributed by atoms with Crippen LogP contribution < -0.4 is 0 Å². The Kier molecular flexibility index (Phi) is 3.26. The smallest absolute Gasteiger partial charge is 0.346 e. The zero-order valence-corrected chi connectivity index (χ0v) is 9.85. The van der Waals surface area contributed by atoms with Crippen LogP contribution >= 0.6 is 11.6 Å². The summed E-state index contributed by atoms with van der Waals surface area (Å²) in [5.74, 6) is -1.27. The van der Waals surface area contributed by atoms with Gasteiger partial charge in [-0.3, -0.25) is 4.98 Å². The summed E-state index contributed by atoms with van der Waals surface area (Å²) in [5.41, 5.74) is 0.775. The van der Waals surface area contributed by atoms with Gasteiger partial charge in [0.1, 0.15) is 11.6 Å². The van der Waals surface area contributed by atoms with Crippen molar-refractivity contribution >= 4 is 34.5 Å². The maximum absolute atomic E-state index is 10.8. The number of rotatable bonds is 2. The third kappa shape index (κ3) is 2.17. The molecule has 18 heavy (non-hydrogen) atoms. The predicted molar refractivity (Wildman–Crippen MR) is 68.0 cm³/mol. The molecule has 0 unspecified atom stereocenters. The third-order valence-corrected chi connectivity index (χ3v) is 2.73. The molecule has 0 aliphatic rings. The average Bonchev–Trinajstić information content (AvgIpc) is 2.38. The highest BCUT2D eigenvalue weighted by atomic mass is 35.5. The van der Waals surface area contributed by atoms with Crippen molar-refractivity contribution in [1.82, 2.24) is 4.98 Å². The summed E-state index contributed by atoms with van der Waals surface area (Å²) in [6.07, 6.45) is 2.87. The molecule has 88 valence electrons. The number of aromatic nitrogens is 1. The van der Waals surface area contributed by atoms with E-state index in [2.05, 4.69) is 4.98 Å². The molecule has 1 N–H and O–H groups in total. The standard InChI is InChI=1S/C13H7ClN2O2/c14-11-4-3-8(6-9(7-15)13(17)18)12-10(11)2-1-5-16-12/h1-6H,(H,17,18)/b9-6+. The number of halogens is 1. The topological polar surface area (TPSA) is 74.0 Å². The minimum Gasteiger partial charge on any atom is -0.477 e. The molecule has 1 heterocycles. The first kappa shape index (κ1) is 12.1. The van der Waals surface area contributed by atoms with Crippen LogP contribution in [0, 0.1) is 11.3 Å². The fourth-order valence-electron chi connectivity index (χ4n) is 1.57. The van der Waals surface area contributed by atoms with Crippen LogP contribution in [0.15, 0.2) is 36.0 Å². The summed E-state index contributed by atoms with van der Waals surface area (Å²) in [6, 6.07) is 8.44. The van der Waals surface area contributed by atoms with Gasteiger partial charge >= 0.3 is 5.97 Å². The number of carboxylic acid groups (broad SMARTS) is 1. The number of carboxylic acids is 1. The Morgan fingerprint density at radius 1 is 1.44 bits per heavy atom. The largest absolute Gasteiger partial charge is 0.477 e. The zero-order valence-electron chi connectivity index (χ0n) is 9.09. The second kappa shape index (κ2) is 4.86. The van der Waals surface area contributed by atoms with Crippen molar-refractivity contribution in [1.29, 1.82) is 5.26 Å². The van der Waals surface area contributed by atoms with E-state index in [-0.39, 0.29) is 5.57 Å². The molecule has 5 heteroatoms. The average molecular weight is 259 g/mol. The van der Waals surface area contributed by atoms with Crippen LogP contribution in [0.1, 0.15) is 5.56 Å². The Bertz CT molecular complexity index is 702. The van der Waals surface area contributed by atoms with Crippen molar-refractivity contribution in [2.24, 2.45) is 0 Å². The van der Waals surface area contributed by atoms with Crippen LogP contribution in [0.2, 0.25) is 5.02 Å². The molecule has 2 rings (SSSR count). The monoisotopic (exact) mass is 258 g/mol. The second-order valence-corrected chi connectivity index (χ2v) is 3.92. The quantitative estimate of drug-likeness (QED) is 0.664. The van der Waals surface area contributed by atoms with Gasteiger partial charge in [0.25, 0.3) is 0 Å². The van der Waals surface area contributed by atoms with Gasteiger partial charge in [-0.05, 0) is 24.3 Å². The fraction of sp³-hybridized carbons (Fsp3) is 0. The Labute approximate surface area is 108 Å². The first-order valence-corrected chi connectivity index (χ1v) is 5.39. The molecule has 0 spiro atoms. The van der Waals surface area contributed by atoms with Crippen LogP contribution in [0.5, 0.6) is 0 Å². The number of nitriles is 1. The lowest BCUT2D eigenvalue weighted by molar-refractivity contribution is -0.132. The Morgan fingerprint density at radius 2 is 2.22 bits per heavy atom. The van der Waals surface area contributed by atoms with E-state index in [0.29, 0.717) is 16.1 Å². The number of pyridine rings is 1. The molecule has 0 aliphatic heterocycles. The van der Waals surface area contributed by atoms with E-state index in [1.54, 1.807) is 36.5 Å². The number of aliphatic carboxylic acids is 1. The van der Waals surface area contributed by atoms with Crippen LogP contribution in [0.3, 0.4) is 0 Å². The highest BCUT2D eigenvalue weighted by molar-refractivity contribution is 6.35. The van der Waals surface area contributed by atoms with Crippen molar-refractivity contribution in [3.63, 3.8) is 0 Å². The van der Waals surface area contributed by atoms with Gasteiger partial charge in [-0.15, -0.1) is 0 Å². The summed E-state index contributed by atoms with van der Waals surface area (Å²) in [6.45, 7) is 0. The van der Waals surface area contributed by atoms with Crippen molar-refractivity contribution in [2.75, 3.05) is 0 Å². The number of fused-ring (bicyclic) bond motifs is 1. The van der Waals surface area contributed by atoms with Crippen LogP contribution in [-0.2, 0) is 4.79 Å². The maximum Gasteiger partial charge on any atom is 0.346 e. The SMILES string of the molecule is N#C/C(=C\c1ccc(Cl)c2cccnc12)C(=O)O. The van der Waals surface area contributed by atoms with E-state index in [1.165, 1.54) is 6.08 Å². The van der Waals surface area contributed by atoms with Crippen molar-refractivity contribution in [2.45, 2.75) is 0 Å². The molecular weight excluding hydrogens is 252 g/mol. The first-order chi connectivity index (χ1) is 8.63. The molecule has 0 bridgehead atoms. The van der Waals surface area contributed by atoms with Crippen LogP contribution in [0.4, 0.5) is 0 Å². The normalized spacial score (nSPS) is 11.2. The molecule has 0 aliphatic carbocycles. The lowest BCUT2D eigenvalue weighted by Crippen LogP contribution is -1.97. The van der Waals surface area contributed by atoms with E-state index in [1.807, 2.05) is 0 Å². The summed E-state index contributed by atoms with van der Waals surface area (Å²) >= 11 is 6.02. The molecule has 0 saturated heterocycles. The van der Waals surface area contributed by atoms with E-state index in [9.17, 15) is 4.79 Å². The van der Waals surface area contributed by atoms with Crippen LogP contribution in [-0.4, -0.2) is 16.1 Å². The van der Waals surface area contributed by atoms with Crippen molar-refractivity contribution < 1.29 is 9.90 Å². The van der Waals surface area contributed by atoms with Gasteiger partial charge in [-0.1, -0.05) is 17.7 Å². The van der Waals surface area contributed by atoms with Gasteiger partial charge in [0.15, 0.2) is 0 Å². The van der Waals surface area contributed by atoms with Crippen molar-refractivity contribution in [3.05, 3.63) is 46.6 Å². The van der Waals surface area contributed by atoms with E-state index in [4.69, 9.17) is 22.0 Å². The van der Waals surface area contributed by atoms with Gasteiger partial charge < -0.3 is 5.11 Å². The lowest BCUT2D eigenvalue weighted by atomic mass is 10.1. The van der Waals surface area contributed by atoms with E-state index in [0.717, 1.165) is 5.39 Å². The van der Waals surface area contributed by atoms with Gasteiger partial charge in [-0.2, -0.15) is 5.26 Å². The predicted octanol–water partition coefficient (Wildman–Crippen LogP) is 2.88. The van der Waals surface area contributed by atoms with Gasteiger partial charge in [0, 0.05) is 17.1 Å². The number of hydrogen-bond acceptors (Lipinski definition) is 3. The highest BCUT2D eigenvalue weighted by Crippen LogP contribution is 2.26. The Balaban J connectivity index is 2.71. The molecule has 0 radical (unpaired) electrons. The number of benzene rings is 1. The molecule has 0 amide bonds. The number of hydrogen-bond donors (Lipinski definition) is 1. The molecule has 1 aromatic heterocycles. The Hall–Kier alpha value is -2.38. The maximum atomic E-state index is 10.8. The van der Waals surface area contributed by atoms with Crippen molar-refractivity contribution in [3.8, 4) is 6.07 Å². The van der Waals surface area contributed by atoms with Gasteiger partial charge in [0.05, 0.1) is 10.5 Å². The summed E-state index contributed by atoms with van der Waals surface area (Å²) < 4.78 is 0. The minimum atomic E-state index is -1.27. The minimum absolute atomic E-state index is 0.343. The van der Waals surface area contributed by atoms with E-state index >= 15 is 0 Å². The zero-order chi connectivity index (χ0) is 13.1. The third-order valence-electron chi connectivity index (χ3n) is 2.40. The molecule has 1 aromatic carbocycles. The molecule has 0 saturated carbocycles. The van der Waals surface area contributed by atoms with E-state index < -0.39 is 5.97 Å². The second-order valence-electron chi connectivity index (χ2n) is 3.51. The summed E-state index contributed by atoms with van der Waals surface area (Å²) in [4.78, 5) is 15.0.